The summed E-state index contributed by atoms with van der Waals surface area (Å²) in [5.74, 6) is 6.96. The number of hydrogen-bond donors (Lipinski definition) is 0. The topological polar surface area (TPSA) is 30.8 Å². The second-order valence-corrected chi connectivity index (χ2v) is 4.20. The molecule has 2 aromatic carbocycles. The summed E-state index contributed by atoms with van der Waals surface area (Å²) >= 11 is 0. The highest BCUT2D eigenvalue weighted by atomic mass is 16.6. The molecule has 0 atom stereocenters. The van der Waals surface area contributed by atoms with E-state index in [-0.39, 0.29) is 0 Å². The normalized spacial score (nSPS) is 10.5. The van der Waals surface area contributed by atoms with Crippen LogP contribution in [0.3, 0.4) is 0 Å². The SMILES string of the molecule is CCOc1ccc(C#CC(=NOC)c2ccccc2)cc1. The maximum absolute atomic E-state index is 5.40. The number of ether oxygens (including phenoxy) is 1. The number of rotatable bonds is 4. The summed E-state index contributed by atoms with van der Waals surface area (Å²) in [6.45, 7) is 2.62. The van der Waals surface area contributed by atoms with Crippen LogP contribution in [0.1, 0.15) is 18.1 Å². The molecular formula is C18H17NO2. The van der Waals surface area contributed by atoms with Crippen molar-refractivity contribution < 1.29 is 9.57 Å². The minimum absolute atomic E-state index is 0.604. The smallest absolute Gasteiger partial charge is 0.160 e. The molecule has 0 aliphatic carbocycles. The molecule has 0 fully saturated rings. The zero-order valence-electron chi connectivity index (χ0n) is 12.2. The Labute approximate surface area is 125 Å². The van der Waals surface area contributed by atoms with E-state index in [1.54, 1.807) is 0 Å². The highest BCUT2D eigenvalue weighted by Crippen LogP contribution is 2.11. The molecule has 106 valence electrons. The van der Waals surface area contributed by atoms with Crippen LogP contribution >= 0.6 is 0 Å². The minimum Gasteiger partial charge on any atom is -0.494 e. The van der Waals surface area contributed by atoms with Gasteiger partial charge in [-0.2, -0.15) is 0 Å². The summed E-state index contributed by atoms with van der Waals surface area (Å²) in [4.78, 5) is 4.86. The summed E-state index contributed by atoms with van der Waals surface area (Å²) in [7, 11) is 1.52. The molecule has 0 heterocycles. The van der Waals surface area contributed by atoms with Crippen molar-refractivity contribution in [1.82, 2.24) is 0 Å². The minimum atomic E-state index is 0.604. The van der Waals surface area contributed by atoms with Gasteiger partial charge in [-0.05, 0) is 37.1 Å². The number of oxime groups is 1. The van der Waals surface area contributed by atoms with Gasteiger partial charge in [0.15, 0.2) is 5.71 Å². The van der Waals surface area contributed by atoms with Gasteiger partial charge < -0.3 is 9.57 Å². The fraction of sp³-hybridized carbons (Fsp3) is 0.167. The van der Waals surface area contributed by atoms with Crippen LogP contribution < -0.4 is 4.74 Å². The molecule has 0 saturated heterocycles. The van der Waals surface area contributed by atoms with E-state index in [9.17, 15) is 0 Å². The Balaban J connectivity index is 2.20. The first-order chi connectivity index (χ1) is 10.3. The first-order valence-electron chi connectivity index (χ1n) is 6.75. The molecule has 2 rings (SSSR count). The van der Waals surface area contributed by atoms with E-state index in [2.05, 4.69) is 17.0 Å². The van der Waals surface area contributed by atoms with Crippen molar-refractivity contribution in [3.63, 3.8) is 0 Å². The molecule has 2 aromatic rings. The average Bonchev–Trinajstić information content (AvgIpc) is 2.54. The molecule has 0 aromatic heterocycles. The van der Waals surface area contributed by atoms with Crippen molar-refractivity contribution in [3.8, 4) is 17.6 Å². The Morgan fingerprint density at radius 2 is 1.76 bits per heavy atom. The molecular weight excluding hydrogens is 262 g/mol. The van der Waals surface area contributed by atoms with Gasteiger partial charge >= 0.3 is 0 Å². The van der Waals surface area contributed by atoms with Gasteiger partial charge in [-0.25, -0.2) is 0 Å². The summed E-state index contributed by atoms with van der Waals surface area (Å²) < 4.78 is 5.40. The lowest BCUT2D eigenvalue weighted by Gasteiger charge is -2.01. The number of hydrogen-bond acceptors (Lipinski definition) is 3. The maximum Gasteiger partial charge on any atom is 0.160 e. The van der Waals surface area contributed by atoms with Crippen molar-refractivity contribution in [3.05, 3.63) is 65.7 Å². The molecule has 3 heteroatoms. The van der Waals surface area contributed by atoms with Gasteiger partial charge in [-0.3, -0.25) is 0 Å². The third-order valence-corrected chi connectivity index (χ3v) is 2.72. The summed E-state index contributed by atoms with van der Waals surface area (Å²) in [5, 5.41) is 3.97. The van der Waals surface area contributed by atoms with E-state index in [0.29, 0.717) is 12.3 Å². The second-order valence-electron chi connectivity index (χ2n) is 4.20. The second kappa shape index (κ2) is 7.76. The van der Waals surface area contributed by atoms with Crippen molar-refractivity contribution in [2.75, 3.05) is 13.7 Å². The van der Waals surface area contributed by atoms with E-state index >= 15 is 0 Å². The van der Waals surface area contributed by atoms with E-state index in [1.165, 1.54) is 7.11 Å². The summed E-state index contributed by atoms with van der Waals surface area (Å²) in [6, 6.07) is 17.4. The molecule has 3 nitrogen and oxygen atoms in total. The molecule has 21 heavy (non-hydrogen) atoms. The standard InChI is InChI=1S/C18H17NO2/c1-3-21-17-12-9-15(10-13-17)11-14-18(19-20-2)16-7-5-4-6-8-16/h4-10,12-13H,3H2,1-2H3. The van der Waals surface area contributed by atoms with Crippen LogP contribution in [0.15, 0.2) is 59.8 Å². The van der Waals surface area contributed by atoms with Gasteiger partial charge in [0.2, 0.25) is 0 Å². The third kappa shape index (κ3) is 4.39. The first-order valence-corrected chi connectivity index (χ1v) is 6.75. The van der Waals surface area contributed by atoms with Crippen LogP contribution in [0.5, 0.6) is 5.75 Å². The van der Waals surface area contributed by atoms with Gasteiger partial charge in [-0.1, -0.05) is 41.4 Å². The molecule has 0 saturated carbocycles. The zero-order valence-corrected chi connectivity index (χ0v) is 12.2. The van der Waals surface area contributed by atoms with Crippen LogP contribution in [0, 0.1) is 11.8 Å². The van der Waals surface area contributed by atoms with Crippen LogP contribution in [-0.2, 0) is 4.84 Å². The van der Waals surface area contributed by atoms with E-state index in [0.717, 1.165) is 16.9 Å². The fourth-order valence-electron chi connectivity index (χ4n) is 1.77. The van der Waals surface area contributed by atoms with Crippen LogP contribution in [0.4, 0.5) is 0 Å². The van der Waals surface area contributed by atoms with E-state index in [4.69, 9.17) is 9.57 Å². The highest BCUT2D eigenvalue weighted by molar-refractivity contribution is 6.12. The number of benzene rings is 2. The van der Waals surface area contributed by atoms with Crippen molar-refractivity contribution >= 4 is 5.71 Å². The lowest BCUT2D eigenvalue weighted by Crippen LogP contribution is -1.98. The van der Waals surface area contributed by atoms with Crippen LogP contribution in [-0.4, -0.2) is 19.4 Å². The molecule has 0 unspecified atom stereocenters. The van der Waals surface area contributed by atoms with Gasteiger partial charge in [-0.15, -0.1) is 0 Å². The number of nitrogens with zero attached hydrogens (tertiary/aromatic N) is 1. The molecule has 0 bridgehead atoms. The largest absolute Gasteiger partial charge is 0.494 e. The molecule has 0 radical (unpaired) electrons. The lowest BCUT2D eigenvalue weighted by atomic mass is 10.1. The molecule has 0 amide bonds. The highest BCUT2D eigenvalue weighted by Gasteiger charge is 1.99. The van der Waals surface area contributed by atoms with Crippen molar-refractivity contribution in [2.24, 2.45) is 5.16 Å². The molecule has 0 spiro atoms. The van der Waals surface area contributed by atoms with Crippen molar-refractivity contribution in [2.45, 2.75) is 6.92 Å². The monoisotopic (exact) mass is 279 g/mol. The lowest BCUT2D eigenvalue weighted by molar-refractivity contribution is 0.214. The Bertz CT molecular complexity index is 649. The van der Waals surface area contributed by atoms with Crippen LogP contribution in [0.25, 0.3) is 0 Å². The molecule has 0 aliphatic heterocycles. The maximum atomic E-state index is 5.40. The van der Waals surface area contributed by atoms with Crippen LogP contribution in [0.2, 0.25) is 0 Å². The van der Waals surface area contributed by atoms with E-state index < -0.39 is 0 Å². The first kappa shape index (κ1) is 14.7. The summed E-state index contributed by atoms with van der Waals surface area (Å²) in [5.41, 5.74) is 2.43. The molecule has 0 aliphatic rings. The Hall–Kier alpha value is -2.73. The van der Waals surface area contributed by atoms with Gasteiger partial charge in [0.05, 0.1) is 6.61 Å². The Morgan fingerprint density at radius 3 is 2.38 bits per heavy atom. The Kier molecular flexibility index (Phi) is 5.42. The zero-order chi connectivity index (χ0) is 14.9. The quantitative estimate of drug-likeness (QED) is 0.487. The predicted molar refractivity (Wildman–Crippen MR) is 84.5 cm³/mol. The van der Waals surface area contributed by atoms with Gasteiger partial charge in [0, 0.05) is 11.1 Å². The fourth-order valence-corrected chi connectivity index (χ4v) is 1.77. The average molecular weight is 279 g/mol. The van der Waals surface area contributed by atoms with Crippen molar-refractivity contribution in [1.29, 1.82) is 0 Å². The predicted octanol–water partition coefficient (Wildman–Crippen LogP) is 3.49. The Morgan fingerprint density at radius 1 is 1.05 bits per heavy atom. The van der Waals surface area contributed by atoms with Gasteiger partial charge in [0.1, 0.15) is 12.9 Å². The van der Waals surface area contributed by atoms with Gasteiger partial charge in [0.25, 0.3) is 0 Å². The summed E-state index contributed by atoms with van der Waals surface area (Å²) in [6.07, 6.45) is 0. The van der Waals surface area contributed by atoms with E-state index in [1.807, 2.05) is 61.5 Å². The third-order valence-electron chi connectivity index (χ3n) is 2.72. The molecule has 0 N–H and O–H groups in total.